The molecule has 0 radical (unpaired) electrons. The van der Waals surface area contributed by atoms with Crippen LogP contribution >= 0.6 is 0 Å². The van der Waals surface area contributed by atoms with Gasteiger partial charge in [-0.2, -0.15) is 0 Å². The van der Waals surface area contributed by atoms with Gasteiger partial charge in [-0.1, -0.05) is 6.92 Å². The van der Waals surface area contributed by atoms with Gasteiger partial charge >= 0.3 is 0 Å². The summed E-state index contributed by atoms with van der Waals surface area (Å²) in [7, 11) is 0. The van der Waals surface area contributed by atoms with Crippen molar-refractivity contribution < 1.29 is 5.11 Å². The predicted octanol–water partition coefficient (Wildman–Crippen LogP) is 1.48. The molecule has 0 spiro atoms. The second kappa shape index (κ2) is 4.15. The topological polar surface area (TPSA) is 77.9 Å². The molecule has 2 aromatic rings. The molecule has 2 N–H and O–H groups in total. The lowest BCUT2D eigenvalue weighted by atomic mass is 9.72. The first-order chi connectivity index (χ1) is 9.79. The van der Waals surface area contributed by atoms with Gasteiger partial charge in [0, 0.05) is 17.5 Å². The van der Waals surface area contributed by atoms with Crippen LogP contribution in [0.1, 0.15) is 32.6 Å². The van der Waals surface area contributed by atoms with Crippen molar-refractivity contribution in [1.82, 2.24) is 19.9 Å². The zero-order valence-corrected chi connectivity index (χ0v) is 11.6. The maximum absolute atomic E-state index is 9.90. The Kier molecular flexibility index (Phi) is 2.51. The summed E-state index contributed by atoms with van der Waals surface area (Å²) in [5.74, 6) is 0.948. The van der Waals surface area contributed by atoms with Gasteiger partial charge in [-0.05, 0) is 25.7 Å². The van der Waals surface area contributed by atoms with Gasteiger partial charge in [0.2, 0.25) is 0 Å². The Hall–Kier alpha value is -1.69. The molecule has 0 saturated carbocycles. The highest BCUT2D eigenvalue weighted by Gasteiger charge is 2.55. The van der Waals surface area contributed by atoms with Gasteiger partial charge < -0.3 is 15.0 Å². The molecule has 3 atom stereocenters. The summed E-state index contributed by atoms with van der Waals surface area (Å²) in [6.07, 6.45) is 7.65. The number of nitrogens with zero attached hydrogens (tertiary/aromatic N) is 4. The first-order valence-electron chi connectivity index (χ1n) is 7.32. The Bertz CT molecular complexity index is 635. The number of rotatable bonds is 3. The van der Waals surface area contributed by atoms with Crippen molar-refractivity contribution in [1.29, 1.82) is 0 Å². The van der Waals surface area contributed by atoms with E-state index in [1.807, 2.05) is 0 Å². The number of hydrogen-bond donors (Lipinski definition) is 2. The average Bonchev–Trinajstić information content (AvgIpc) is 3.19. The highest BCUT2D eigenvalue weighted by Crippen LogP contribution is 2.53. The van der Waals surface area contributed by atoms with Crippen LogP contribution in [0.3, 0.4) is 0 Å². The molecule has 6 nitrogen and oxygen atoms in total. The third kappa shape index (κ3) is 1.40. The second-order valence-corrected chi connectivity index (χ2v) is 6.03. The van der Waals surface area contributed by atoms with Crippen LogP contribution in [0, 0.1) is 5.41 Å². The molecule has 106 valence electrons. The number of aromatic nitrogens is 4. The fourth-order valence-electron chi connectivity index (χ4n) is 4.22. The summed E-state index contributed by atoms with van der Waals surface area (Å²) in [6, 6.07) is 0.859. The standard InChI is InChI=1S/C14H19N5O/c1-2-14(6-20)5-9-3-4-10(14)19(9)13-11-12(16-7-15-11)17-8-18-13/h7-10,20H,2-6H2,1H3,(H,15,16,17,18)/t9-,10+,14-/m1/s1. The Morgan fingerprint density at radius 1 is 1.40 bits per heavy atom. The highest BCUT2D eigenvalue weighted by atomic mass is 16.3. The molecule has 2 aromatic heterocycles. The lowest BCUT2D eigenvalue weighted by Crippen LogP contribution is -2.40. The molecule has 0 aromatic carbocycles. The smallest absolute Gasteiger partial charge is 0.182 e. The normalized spacial score (nSPS) is 32.4. The van der Waals surface area contributed by atoms with Crippen molar-refractivity contribution in [3.05, 3.63) is 12.7 Å². The molecule has 2 aliphatic heterocycles. The van der Waals surface area contributed by atoms with Crippen LogP contribution in [0.2, 0.25) is 0 Å². The van der Waals surface area contributed by atoms with Crippen molar-refractivity contribution in [3.8, 4) is 0 Å². The number of H-pyrrole nitrogens is 1. The van der Waals surface area contributed by atoms with Crippen LogP contribution in [0.4, 0.5) is 5.82 Å². The van der Waals surface area contributed by atoms with Crippen molar-refractivity contribution >= 4 is 17.0 Å². The third-order valence-corrected chi connectivity index (χ3v) is 5.32. The van der Waals surface area contributed by atoms with Gasteiger partial charge in [0.05, 0.1) is 12.9 Å². The fraction of sp³-hybridized carbons (Fsp3) is 0.643. The molecule has 0 aliphatic carbocycles. The fourth-order valence-corrected chi connectivity index (χ4v) is 4.22. The summed E-state index contributed by atoms with van der Waals surface area (Å²) in [4.78, 5) is 18.5. The minimum absolute atomic E-state index is 0.0280. The number of nitrogens with one attached hydrogen (secondary N) is 1. The minimum Gasteiger partial charge on any atom is -0.396 e. The first-order valence-corrected chi connectivity index (χ1v) is 7.32. The first kappa shape index (κ1) is 12.1. The monoisotopic (exact) mass is 273 g/mol. The molecule has 0 unspecified atom stereocenters. The van der Waals surface area contributed by atoms with E-state index in [1.165, 1.54) is 6.42 Å². The molecular weight excluding hydrogens is 254 g/mol. The van der Waals surface area contributed by atoms with Crippen LogP contribution in [0.25, 0.3) is 11.2 Å². The number of fused-ring (bicyclic) bond motifs is 3. The van der Waals surface area contributed by atoms with E-state index < -0.39 is 0 Å². The Labute approximate surface area is 117 Å². The quantitative estimate of drug-likeness (QED) is 0.885. The number of aliphatic hydroxyl groups is 1. The maximum atomic E-state index is 9.90. The van der Waals surface area contributed by atoms with Crippen molar-refractivity contribution in [2.45, 2.75) is 44.7 Å². The predicted molar refractivity (Wildman–Crippen MR) is 75.4 cm³/mol. The molecule has 6 heteroatoms. The summed E-state index contributed by atoms with van der Waals surface area (Å²) < 4.78 is 0. The van der Waals surface area contributed by atoms with E-state index in [1.54, 1.807) is 12.7 Å². The number of aliphatic hydroxyl groups excluding tert-OH is 1. The van der Waals surface area contributed by atoms with E-state index in [-0.39, 0.29) is 12.0 Å². The van der Waals surface area contributed by atoms with Gasteiger partial charge in [0.25, 0.3) is 0 Å². The molecule has 4 heterocycles. The lowest BCUT2D eigenvalue weighted by molar-refractivity contribution is 0.0944. The summed E-state index contributed by atoms with van der Waals surface area (Å²) in [5.41, 5.74) is 1.65. The van der Waals surface area contributed by atoms with Crippen LogP contribution in [-0.4, -0.2) is 43.7 Å². The zero-order valence-electron chi connectivity index (χ0n) is 11.6. The van der Waals surface area contributed by atoms with Crippen LogP contribution in [-0.2, 0) is 0 Å². The van der Waals surface area contributed by atoms with E-state index in [9.17, 15) is 5.11 Å². The number of hydrogen-bond acceptors (Lipinski definition) is 5. The number of imidazole rings is 1. The summed E-state index contributed by atoms with van der Waals surface area (Å²) in [6.45, 7) is 2.44. The number of anilines is 1. The van der Waals surface area contributed by atoms with Crippen molar-refractivity contribution in [3.63, 3.8) is 0 Å². The molecule has 0 amide bonds. The van der Waals surface area contributed by atoms with Crippen molar-refractivity contribution in [2.75, 3.05) is 11.5 Å². The molecule has 2 saturated heterocycles. The summed E-state index contributed by atoms with van der Waals surface area (Å²) in [5, 5.41) is 9.90. The van der Waals surface area contributed by atoms with Gasteiger partial charge in [-0.15, -0.1) is 0 Å². The largest absolute Gasteiger partial charge is 0.396 e. The summed E-state index contributed by atoms with van der Waals surface area (Å²) >= 11 is 0. The van der Waals surface area contributed by atoms with Crippen LogP contribution < -0.4 is 4.90 Å². The van der Waals surface area contributed by atoms with E-state index in [0.29, 0.717) is 17.7 Å². The maximum Gasteiger partial charge on any atom is 0.182 e. The third-order valence-electron chi connectivity index (χ3n) is 5.32. The average molecular weight is 273 g/mol. The molecular formula is C14H19N5O. The Balaban J connectivity index is 1.82. The van der Waals surface area contributed by atoms with Gasteiger partial charge in [0.15, 0.2) is 11.5 Å². The van der Waals surface area contributed by atoms with Crippen molar-refractivity contribution in [2.24, 2.45) is 5.41 Å². The lowest BCUT2D eigenvalue weighted by Gasteiger charge is -2.35. The van der Waals surface area contributed by atoms with Gasteiger partial charge in [-0.3, -0.25) is 0 Å². The Morgan fingerprint density at radius 2 is 2.30 bits per heavy atom. The second-order valence-electron chi connectivity index (χ2n) is 6.03. The van der Waals surface area contributed by atoms with Gasteiger partial charge in [0.1, 0.15) is 11.8 Å². The van der Waals surface area contributed by atoms with E-state index in [0.717, 1.165) is 30.6 Å². The Morgan fingerprint density at radius 3 is 3.05 bits per heavy atom. The zero-order chi connectivity index (χ0) is 13.7. The van der Waals surface area contributed by atoms with Gasteiger partial charge in [-0.25, -0.2) is 15.0 Å². The van der Waals surface area contributed by atoms with E-state index in [2.05, 4.69) is 31.8 Å². The van der Waals surface area contributed by atoms with Crippen LogP contribution in [0.15, 0.2) is 12.7 Å². The molecule has 2 fully saturated rings. The van der Waals surface area contributed by atoms with E-state index in [4.69, 9.17) is 0 Å². The SMILES string of the molecule is CC[C@]1(CO)C[C@H]2CC[C@@H]1N2c1ncnc2nc[nH]c12. The van der Waals surface area contributed by atoms with E-state index >= 15 is 0 Å². The molecule has 4 rings (SSSR count). The highest BCUT2D eigenvalue weighted by molar-refractivity contribution is 5.83. The molecule has 20 heavy (non-hydrogen) atoms. The van der Waals surface area contributed by atoms with Crippen LogP contribution in [0.5, 0.6) is 0 Å². The molecule has 2 aliphatic rings. The minimum atomic E-state index is 0.0280. The molecule has 2 bridgehead atoms. The number of aromatic amines is 1.